The number of rotatable bonds is 4. The van der Waals surface area contributed by atoms with Crippen molar-refractivity contribution < 1.29 is 23.4 Å². The van der Waals surface area contributed by atoms with Gasteiger partial charge in [0.1, 0.15) is 5.75 Å². The monoisotopic (exact) mass is 508 g/mol. The first-order valence-electron chi connectivity index (χ1n) is 10.7. The Morgan fingerprint density at radius 2 is 1.88 bits per heavy atom. The second-order valence-corrected chi connectivity index (χ2v) is 8.32. The van der Waals surface area contributed by atoms with E-state index in [4.69, 9.17) is 0 Å². The number of halogens is 5. The van der Waals surface area contributed by atoms with Gasteiger partial charge in [0, 0.05) is 36.8 Å². The molecular formula is C22H29Cl2F3N4O2. The van der Waals surface area contributed by atoms with E-state index in [1.165, 1.54) is 6.07 Å². The number of benzene rings is 1. The van der Waals surface area contributed by atoms with Crippen LogP contribution in [0.5, 0.6) is 5.75 Å². The summed E-state index contributed by atoms with van der Waals surface area (Å²) >= 11 is 0. The number of aromatic nitrogens is 2. The third kappa shape index (κ3) is 5.65. The number of piperidine rings is 1. The van der Waals surface area contributed by atoms with Gasteiger partial charge in [0.25, 0.3) is 0 Å². The molecule has 0 amide bonds. The maximum Gasteiger partial charge on any atom is 0.416 e. The Kier molecular flexibility index (Phi) is 9.21. The molecule has 0 unspecified atom stereocenters. The summed E-state index contributed by atoms with van der Waals surface area (Å²) in [5, 5.41) is 28.3. The van der Waals surface area contributed by atoms with Crippen LogP contribution in [0.25, 0.3) is 11.3 Å². The van der Waals surface area contributed by atoms with Gasteiger partial charge in [-0.25, -0.2) is 0 Å². The molecule has 2 aliphatic heterocycles. The molecule has 0 saturated carbocycles. The predicted octanol–water partition coefficient (Wildman–Crippen LogP) is 4.23. The first-order chi connectivity index (χ1) is 14.8. The fourth-order valence-corrected chi connectivity index (χ4v) is 4.76. The van der Waals surface area contributed by atoms with Crippen molar-refractivity contribution >= 4 is 30.6 Å². The van der Waals surface area contributed by atoms with E-state index in [2.05, 4.69) is 20.0 Å². The van der Waals surface area contributed by atoms with Crippen LogP contribution < -0.4 is 4.90 Å². The molecule has 1 aromatic carbocycles. The summed E-state index contributed by atoms with van der Waals surface area (Å²) in [7, 11) is 0. The van der Waals surface area contributed by atoms with Crippen LogP contribution in [-0.2, 0) is 12.6 Å². The molecule has 0 spiro atoms. The van der Waals surface area contributed by atoms with Crippen LogP contribution in [0, 0.1) is 6.92 Å². The SMILES string of the molecule is Cc1c(-c2ccc(C(F)(F)F)cc2O)nnc2c1CCCN2[C@@H]1CCCN(CCO)C1.Cl.Cl. The standard InChI is InChI=1S/C22H27F3N4O2.2ClH/c1-14-17-5-3-9-29(16-4-2-8-28(13-16)10-11-30)21(17)27-26-20(14)18-7-6-15(12-19(18)31)22(23,24)25;;/h6-7,12,16,30-31H,2-5,8-11,13H2,1H3;2*1H/t16-;;/m1../s1. The average Bonchev–Trinajstić information content (AvgIpc) is 2.74. The summed E-state index contributed by atoms with van der Waals surface area (Å²) in [5.74, 6) is 0.376. The third-order valence-corrected chi connectivity index (χ3v) is 6.34. The minimum Gasteiger partial charge on any atom is -0.507 e. The van der Waals surface area contributed by atoms with Crippen molar-refractivity contribution in [1.82, 2.24) is 15.1 Å². The Bertz CT molecular complexity index is 960. The first kappa shape index (κ1) is 27.4. The maximum atomic E-state index is 12.9. The molecule has 11 heteroatoms. The number of β-amino-alcohol motifs (C(OH)–C–C–N with tert-alkyl or cyclic N) is 1. The van der Waals surface area contributed by atoms with Crippen LogP contribution in [0.4, 0.5) is 19.0 Å². The molecule has 33 heavy (non-hydrogen) atoms. The van der Waals surface area contributed by atoms with Gasteiger partial charge in [0.2, 0.25) is 0 Å². The van der Waals surface area contributed by atoms with Crippen molar-refractivity contribution in [3.8, 4) is 17.0 Å². The number of fused-ring (bicyclic) bond motifs is 1. The zero-order valence-corrected chi connectivity index (χ0v) is 19.9. The van der Waals surface area contributed by atoms with Crippen LogP contribution in [0.3, 0.4) is 0 Å². The number of aliphatic hydroxyl groups is 1. The highest BCUT2D eigenvalue weighted by Crippen LogP contribution is 2.39. The molecule has 1 fully saturated rings. The van der Waals surface area contributed by atoms with Gasteiger partial charge < -0.3 is 15.1 Å². The van der Waals surface area contributed by atoms with Gasteiger partial charge >= 0.3 is 6.18 Å². The Labute approximate surface area is 203 Å². The molecule has 2 aromatic rings. The highest BCUT2D eigenvalue weighted by molar-refractivity contribution is 5.85. The molecule has 1 atom stereocenters. The molecule has 1 aromatic heterocycles. The molecule has 184 valence electrons. The van der Waals surface area contributed by atoms with Gasteiger partial charge in [0.15, 0.2) is 5.82 Å². The van der Waals surface area contributed by atoms with Crippen molar-refractivity contribution in [2.75, 3.05) is 37.7 Å². The Morgan fingerprint density at radius 3 is 2.55 bits per heavy atom. The summed E-state index contributed by atoms with van der Waals surface area (Å²) in [4.78, 5) is 4.55. The van der Waals surface area contributed by atoms with Crippen LogP contribution in [0.15, 0.2) is 18.2 Å². The lowest BCUT2D eigenvalue weighted by atomic mass is 9.94. The number of alkyl halides is 3. The Morgan fingerprint density at radius 1 is 1.12 bits per heavy atom. The lowest BCUT2D eigenvalue weighted by Crippen LogP contribution is -2.50. The number of phenols is 1. The van der Waals surface area contributed by atoms with Crippen LogP contribution >= 0.6 is 24.8 Å². The van der Waals surface area contributed by atoms with E-state index in [0.717, 1.165) is 74.4 Å². The summed E-state index contributed by atoms with van der Waals surface area (Å²) in [6.45, 7) is 5.42. The molecule has 3 heterocycles. The van der Waals surface area contributed by atoms with E-state index in [1.807, 2.05) is 6.92 Å². The van der Waals surface area contributed by atoms with Crippen molar-refractivity contribution in [3.05, 3.63) is 34.9 Å². The number of likely N-dealkylation sites (tertiary alicyclic amines) is 1. The van der Waals surface area contributed by atoms with Gasteiger partial charge in [-0.2, -0.15) is 13.2 Å². The smallest absolute Gasteiger partial charge is 0.416 e. The zero-order chi connectivity index (χ0) is 22.2. The quantitative estimate of drug-likeness (QED) is 0.643. The molecule has 1 saturated heterocycles. The number of hydrogen-bond acceptors (Lipinski definition) is 6. The van der Waals surface area contributed by atoms with E-state index >= 15 is 0 Å². The van der Waals surface area contributed by atoms with Crippen LogP contribution in [0.1, 0.15) is 36.0 Å². The molecule has 2 aliphatic rings. The number of aromatic hydroxyl groups is 1. The number of hydrogen-bond donors (Lipinski definition) is 2. The lowest BCUT2D eigenvalue weighted by molar-refractivity contribution is -0.137. The van der Waals surface area contributed by atoms with E-state index < -0.39 is 17.5 Å². The van der Waals surface area contributed by atoms with Gasteiger partial charge in [0.05, 0.1) is 17.9 Å². The maximum absolute atomic E-state index is 12.9. The molecular weight excluding hydrogens is 480 g/mol. The summed E-state index contributed by atoms with van der Waals surface area (Å²) in [6.07, 6.45) is -0.649. The fourth-order valence-electron chi connectivity index (χ4n) is 4.76. The van der Waals surface area contributed by atoms with Crippen molar-refractivity contribution in [3.63, 3.8) is 0 Å². The minimum atomic E-state index is -4.52. The Balaban J connectivity index is 0.00000193. The van der Waals surface area contributed by atoms with E-state index in [9.17, 15) is 23.4 Å². The second-order valence-electron chi connectivity index (χ2n) is 8.32. The van der Waals surface area contributed by atoms with Gasteiger partial charge in [-0.15, -0.1) is 35.0 Å². The summed E-state index contributed by atoms with van der Waals surface area (Å²) in [6, 6.07) is 3.24. The number of anilines is 1. The molecule has 2 N–H and O–H groups in total. The second kappa shape index (κ2) is 11.1. The zero-order valence-electron chi connectivity index (χ0n) is 18.3. The molecule has 0 aliphatic carbocycles. The molecule has 4 rings (SSSR count). The molecule has 6 nitrogen and oxygen atoms in total. The highest BCUT2D eigenvalue weighted by atomic mass is 35.5. The predicted molar refractivity (Wildman–Crippen MR) is 126 cm³/mol. The first-order valence-corrected chi connectivity index (χ1v) is 10.7. The van der Waals surface area contributed by atoms with Crippen molar-refractivity contribution in [1.29, 1.82) is 0 Å². The topological polar surface area (TPSA) is 72.7 Å². The Hall–Kier alpha value is -1.81. The highest BCUT2D eigenvalue weighted by Gasteiger charge is 2.33. The molecule has 0 radical (unpaired) electrons. The van der Waals surface area contributed by atoms with E-state index in [0.29, 0.717) is 18.3 Å². The number of aliphatic hydroxyl groups excluding tert-OH is 1. The van der Waals surface area contributed by atoms with Gasteiger partial charge in [-0.1, -0.05) is 0 Å². The number of nitrogens with zero attached hydrogens (tertiary/aromatic N) is 4. The lowest BCUT2D eigenvalue weighted by Gasteiger charge is -2.42. The third-order valence-electron chi connectivity index (χ3n) is 6.34. The van der Waals surface area contributed by atoms with Crippen LogP contribution in [0.2, 0.25) is 0 Å². The summed E-state index contributed by atoms with van der Waals surface area (Å²) in [5.41, 5.74) is 1.65. The van der Waals surface area contributed by atoms with E-state index in [-0.39, 0.29) is 37.0 Å². The van der Waals surface area contributed by atoms with Gasteiger partial charge in [-0.3, -0.25) is 4.90 Å². The summed E-state index contributed by atoms with van der Waals surface area (Å²) < 4.78 is 38.8. The fraction of sp³-hybridized carbons (Fsp3) is 0.545. The van der Waals surface area contributed by atoms with Crippen molar-refractivity contribution in [2.45, 2.75) is 44.8 Å². The van der Waals surface area contributed by atoms with Crippen LogP contribution in [-0.4, -0.2) is 64.1 Å². The average molecular weight is 509 g/mol. The normalized spacial score (nSPS) is 18.8. The van der Waals surface area contributed by atoms with E-state index in [1.54, 1.807) is 0 Å². The minimum absolute atomic E-state index is 0. The number of phenolic OH excluding ortho intramolecular Hbond substituents is 1. The largest absolute Gasteiger partial charge is 0.507 e. The molecule has 0 bridgehead atoms. The van der Waals surface area contributed by atoms with Gasteiger partial charge in [-0.05, 0) is 62.9 Å². The van der Waals surface area contributed by atoms with Crippen molar-refractivity contribution in [2.24, 2.45) is 0 Å².